The molecule has 0 saturated carbocycles. The van der Waals surface area contributed by atoms with Crippen LogP contribution in [0.5, 0.6) is 0 Å². The lowest BCUT2D eigenvalue weighted by atomic mass is 10.6. The number of hydrogen-bond acceptors (Lipinski definition) is 3. The number of ether oxygens (including phenoxy) is 1. The standard InChI is InChI=1S/C5H9BrN2O3/c6-3-4(9)8-1-2-11-5(7)10/h1-3H2,(H2,7,10)(H,8,9). The van der Waals surface area contributed by atoms with Gasteiger partial charge in [-0.3, -0.25) is 4.79 Å². The molecule has 64 valence electrons. The van der Waals surface area contributed by atoms with Gasteiger partial charge in [-0.15, -0.1) is 0 Å². The van der Waals surface area contributed by atoms with E-state index in [0.717, 1.165) is 0 Å². The minimum absolute atomic E-state index is 0.105. The maximum Gasteiger partial charge on any atom is 0.404 e. The fourth-order valence-corrected chi connectivity index (χ4v) is 0.588. The predicted octanol–water partition coefficient (Wildman–Crippen LogP) is -0.407. The van der Waals surface area contributed by atoms with Gasteiger partial charge in [0, 0.05) is 0 Å². The Morgan fingerprint density at radius 1 is 1.55 bits per heavy atom. The summed E-state index contributed by atoms with van der Waals surface area (Å²) in [6.45, 7) is 0.390. The number of amides is 2. The van der Waals surface area contributed by atoms with Crippen molar-refractivity contribution in [3.05, 3.63) is 0 Å². The van der Waals surface area contributed by atoms with Crippen molar-refractivity contribution in [2.75, 3.05) is 18.5 Å². The molecule has 0 saturated heterocycles. The molecule has 0 aliphatic heterocycles. The molecule has 6 heteroatoms. The number of rotatable bonds is 4. The molecule has 0 bridgehead atoms. The van der Waals surface area contributed by atoms with Crippen molar-refractivity contribution in [2.45, 2.75) is 0 Å². The lowest BCUT2D eigenvalue weighted by molar-refractivity contribution is -0.118. The highest BCUT2D eigenvalue weighted by molar-refractivity contribution is 9.09. The Morgan fingerprint density at radius 3 is 2.64 bits per heavy atom. The summed E-state index contributed by atoms with van der Waals surface area (Å²) in [7, 11) is 0. The first-order valence-electron chi connectivity index (χ1n) is 2.91. The molecule has 3 N–H and O–H groups in total. The summed E-state index contributed by atoms with van der Waals surface area (Å²) in [4.78, 5) is 20.5. The van der Waals surface area contributed by atoms with Crippen molar-refractivity contribution in [3.8, 4) is 0 Å². The Bertz CT molecular complexity index is 151. The normalized spacial score (nSPS) is 8.82. The Balaban J connectivity index is 3.14. The van der Waals surface area contributed by atoms with Crippen LogP contribution in [0.4, 0.5) is 4.79 Å². The van der Waals surface area contributed by atoms with Crippen molar-refractivity contribution in [1.29, 1.82) is 0 Å². The van der Waals surface area contributed by atoms with E-state index >= 15 is 0 Å². The summed E-state index contributed by atoms with van der Waals surface area (Å²) in [5, 5.41) is 2.71. The lowest BCUT2D eigenvalue weighted by Gasteiger charge is -2.01. The van der Waals surface area contributed by atoms with Crippen LogP contribution in [0, 0.1) is 0 Å². The number of nitrogens with two attached hydrogens (primary N) is 1. The summed E-state index contributed by atoms with van der Waals surface area (Å²) in [6, 6.07) is 0. The summed E-state index contributed by atoms with van der Waals surface area (Å²) in [5.41, 5.74) is 4.66. The van der Waals surface area contributed by atoms with Gasteiger partial charge in [-0.2, -0.15) is 0 Å². The molecule has 0 aliphatic carbocycles. The van der Waals surface area contributed by atoms with Gasteiger partial charge in [0.2, 0.25) is 5.91 Å². The van der Waals surface area contributed by atoms with E-state index in [4.69, 9.17) is 0 Å². The molecule has 2 amide bonds. The second-order valence-corrected chi connectivity index (χ2v) is 2.21. The molecule has 0 radical (unpaired) electrons. The van der Waals surface area contributed by atoms with E-state index in [-0.39, 0.29) is 24.4 Å². The van der Waals surface area contributed by atoms with Crippen LogP contribution in [-0.2, 0) is 9.53 Å². The minimum atomic E-state index is -0.835. The average molecular weight is 225 g/mol. The van der Waals surface area contributed by atoms with Gasteiger partial charge < -0.3 is 15.8 Å². The van der Waals surface area contributed by atoms with Crippen molar-refractivity contribution in [3.63, 3.8) is 0 Å². The molecule has 0 heterocycles. The highest BCUT2D eigenvalue weighted by Gasteiger charge is 1.96. The number of primary amides is 1. The van der Waals surface area contributed by atoms with Gasteiger partial charge in [0.1, 0.15) is 6.61 Å². The zero-order valence-corrected chi connectivity index (χ0v) is 7.39. The summed E-state index contributed by atoms with van der Waals surface area (Å²) in [6.07, 6.45) is -0.835. The second kappa shape index (κ2) is 5.96. The van der Waals surface area contributed by atoms with E-state index in [9.17, 15) is 9.59 Å². The van der Waals surface area contributed by atoms with Gasteiger partial charge in [-0.1, -0.05) is 15.9 Å². The largest absolute Gasteiger partial charge is 0.448 e. The maximum atomic E-state index is 10.5. The van der Waals surface area contributed by atoms with Crippen LogP contribution >= 0.6 is 15.9 Å². The van der Waals surface area contributed by atoms with Crippen LogP contribution in [0.2, 0.25) is 0 Å². The van der Waals surface area contributed by atoms with Gasteiger partial charge in [-0.05, 0) is 0 Å². The van der Waals surface area contributed by atoms with Gasteiger partial charge in [0.15, 0.2) is 0 Å². The van der Waals surface area contributed by atoms with Crippen molar-refractivity contribution < 1.29 is 14.3 Å². The van der Waals surface area contributed by atoms with Crippen LogP contribution in [0.15, 0.2) is 0 Å². The molecule has 0 atom stereocenters. The monoisotopic (exact) mass is 224 g/mol. The van der Waals surface area contributed by atoms with E-state index < -0.39 is 6.09 Å². The third-order valence-corrected chi connectivity index (χ3v) is 1.30. The number of alkyl halides is 1. The molecule has 0 rings (SSSR count). The van der Waals surface area contributed by atoms with Crippen molar-refractivity contribution >= 4 is 27.9 Å². The Kier molecular flexibility index (Phi) is 5.54. The SMILES string of the molecule is NC(=O)OCCNC(=O)CBr. The summed E-state index contributed by atoms with van der Waals surface area (Å²) in [5.74, 6) is -0.155. The second-order valence-electron chi connectivity index (χ2n) is 1.65. The smallest absolute Gasteiger partial charge is 0.404 e. The zero-order chi connectivity index (χ0) is 8.69. The summed E-state index contributed by atoms with van der Waals surface area (Å²) >= 11 is 2.95. The number of carbonyl (C=O) groups excluding carboxylic acids is 2. The first-order valence-corrected chi connectivity index (χ1v) is 4.04. The van der Waals surface area contributed by atoms with Crippen LogP contribution < -0.4 is 11.1 Å². The highest BCUT2D eigenvalue weighted by atomic mass is 79.9. The Morgan fingerprint density at radius 2 is 2.18 bits per heavy atom. The molecule has 0 unspecified atom stereocenters. The highest BCUT2D eigenvalue weighted by Crippen LogP contribution is 1.78. The molecular weight excluding hydrogens is 216 g/mol. The number of nitrogens with one attached hydrogen (secondary N) is 1. The van der Waals surface area contributed by atoms with Gasteiger partial charge in [0.05, 0.1) is 11.9 Å². The van der Waals surface area contributed by atoms with Crippen molar-refractivity contribution in [2.24, 2.45) is 5.73 Å². The lowest BCUT2D eigenvalue weighted by Crippen LogP contribution is -2.29. The Hall–Kier alpha value is -0.780. The molecule has 0 fully saturated rings. The van der Waals surface area contributed by atoms with Gasteiger partial charge >= 0.3 is 6.09 Å². The van der Waals surface area contributed by atoms with Crippen LogP contribution in [-0.4, -0.2) is 30.5 Å². The van der Waals surface area contributed by atoms with E-state index in [1.165, 1.54) is 0 Å². The van der Waals surface area contributed by atoms with Crippen LogP contribution in [0.3, 0.4) is 0 Å². The summed E-state index contributed by atoms with van der Waals surface area (Å²) < 4.78 is 4.35. The topological polar surface area (TPSA) is 81.4 Å². The van der Waals surface area contributed by atoms with E-state index in [0.29, 0.717) is 0 Å². The fraction of sp³-hybridized carbons (Fsp3) is 0.600. The quantitative estimate of drug-likeness (QED) is 0.504. The molecule has 0 aromatic carbocycles. The zero-order valence-electron chi connectivity index (χ0n) is 5.80. The average Bonchev–Trinajstić information content (AvgIpc) is 1.97. The molecule has 5 nitrogen and oxygen atoms in total. The first kappa shape index (κ1) is 10.2. The Labute approximate surface area is 72.4 Å². The maximum absolute atomic E-state index is 10.5. The molecular formula is C5H9BrN2O3. The van der Waals surface area contributed by atoms with Gasteiger partial charge in [0.25, 0.3) is 0 Å². The molecule has 0 aromatic rings. The van der Waals surface area contributed by atoms with Gasteiger partial charge in [-0.25, -0.2) is 4.79 Å². The number of halogens is 1. The predicted molar refractivity (Wildman–Crippen MR) is 42.3 cm³/mol. The van der Waals surface area contributed by atoms with Crippen LogP contribution in [0.1, 0.15) is 0 Å². The third kappa shape index (κ3) is 7.11. The fourth-order valence-electron chi connectivity index (χ4n) is 0.389. The number of hydrogen-bond donors (Lipinski definition) is 2. The molecule has 0 spiro atoms. The molecule has 11 heavy (non-hydrogen) atoms. The van der Waals surface area contributed by atoms with E-state index in [1.807, 2.05) is 0 Å². The van der Waals surface area contributed by atoms with E-state index in [1.54, 1.807) is 0 Å². The van der Waals surface area contributed by atoms with E-state index in [2.05, 4.69) is 31.7 Å². The van der Waals surface area contributed by atoms with Crippen LogP contribution in [0.25, 0.3) is 0 Å². The third-order valence-electron chi connectivity index (χ3n) is 0.790. The number of carbonyl (C=O) groups is 2. The molecule has 0 aromatic heterocycles. The van der Waals surface area contributed by atoms with Crippen molar-refractivity contribution in [1.82, 2.24) is 5.32 Å². The molecule has 0 aliphatic rings. The first-order chi connectivity index (χ1) is 5.16. The minimum Gasteiger partial charge on any atom is -0.448 e.